The van der Waals surface area contributed by atoms with Gasteiger partial charge in [-0.1, -0.05) is 30.3 Å². The number of halogens is 2. The Morgan fingerprint density at radius 1 is 1.11 bits per heavy atom. The van der Waals surface area contributed by atoms with Crippen molar-refractivity contribution in [2.24, 2.45) is 11.7 Å². The minimum Gasteiger partial charge on any atom is -0.340 e. The molecule has 1 saturated heterocycles. The van der Waals surface area contributed by atoms with Gasteiger partial charge in [0.2, 0.25) is 5.91 Å². The molecule has 27 heavy (non-hydrogen) atoms. The summed E-state index contributed by atoms with van der Waals surface area (Å²) < 4.78 is 13.1. The summed E-state index contributed by atoms with van der Waals surface area (Å²) in [5.41, 5.74) is 6.43. The molecule has 1 heterocycles. The highest BCUT2D eigenvalue weighted by atomic mass is 35.5. The fourth-order valence-corrected chi connectivity index (χ4v) is 3.46. The summed E-state index contributed by atoms with van der Waals surface area (Å²) in [6.45, 7) is 2.64. The lowest BCUT2D eigenvalue weighted by Crippen LogP contribution is -2.54. The van der Waals surface area contributed by atoms with Crippen molar-refractivity contribution in [1.29, 1.82) is 0 Å². The molecule has 0 radical (unpaired) electrons. The number of carbonyl (C=O) groups excluding carboxylic acids is 2. The van der Waals surface area contributed by atoms with Gasteiger partial charge in [0.25, 0.3) is 0 Å². The smallest absolute Gasteiger partial charge is 0.246 e. The minimum absolute atomic E-state index is 0. The van der Waals surface area contributed by atoms with Crippen LogP contribution in [0.3, 0.4) is 0 Å². The summed E-state index contributed by atoms with van der Waals surface area (Å²) >= 11 is 0. The molecule has 0 bridgehead atoms. The van der Waals surface area contributed by atoms with E-state index in [4.69, 9.17) is 5.73 Å². The van der Waals surface area contributed by atoms with Gasteiger partial charge in [-0.2, -0.15) is 0 Å². The van der Waals surface area contributed by atoms with E-state index in [1.54, 1.807) is 11.8 Å². The third-order valence-corrected chi connectivity index (χ3v) is 5.03. The van der Waals surface area contributed by atoms with Crippen molar-refractivity contribution in [2.45, 2.75) is 25.3 Å². The minimum atomic E-state index is -1.14. The van der Waals surface area contributed by atoms with Crippen molar-refractivity contribution in [3.8, 4) is 0 Å². The van der Waals surface area contributed by atoms with Gasteiger partial charge in [-0.3, -0.25) is 9.59 Å². The third kappa shape index (κ3) is 4.54. The van der Waals surface area contributed by atoms with Crippen LogP contribution in [-0.4, -0.2) is 29.7 Å². The first-order chi connectivity index (χ1) is 12.4. The topological polar surface area (TPSA) is 63.4 Å². The quantitative estimate of drug-likeness (QED) is 0.812. The molecule has 2 N–H and O–H groups in total. The number of likely N-dealkylation sites (tertiary alicyclic amines) is 1. The van der Waals surface area contributed by atoms with E-state index in [9.17, 15) is 14.0 Å². The molecular formula is C21H24ClFN2O2. The molecule has 2 atom stereocenters. The van der Waals surface area contributed by atoms with Crippen LogP contribution in [-0.2, 0) is 10.3 Å². The number of carbonyl (C=O) groups is 2. The van der Waals surface area contributed by atoms with Crippen LogP contribution in [0.2, 0.25) is 0 Å². The molecular weight excluding hydrogens is 367 g/mol. The molecule has 144 valence electrons. The highest BCUT2D eigenvalue weighted by Crippen LogP contribution is 2.26. The van der Waals surface area contributed by atoms with E-state index >= 15 is 0 Å². The summed E-state index contributed by atoms with van der Waals surface area (Å²) in [5.74, 6) is -0.894. The number of Topliss-reactive ketones (excluding diaryl/α,β-unsaturated/α-hetero) is 1. The van der Waals surface area contributed by atoms with Crippen molar-refractivity contribution >= 4 is 24.1 Å². The van der Waals surface area contributed by atoms with Crippen molar-refractivity contribution in [1.82, 2.24) is 4.90 Å². The predicted octanol–water partition coefficient (Wildman–Crippen LogP) is 3.54. The molecule has 1 aliphatic rings. The molecule has 2 aromatic rings. The maximum Gasteiger partial charge on any atom is 0.246 e. The molecule has 6 heteroatoms. The summed E-state index contributed by atoms with van der Waals surface area (Å²) in [6, 6.07) is 14.8. The second kappa shape index (κ2) is 8.63. The average Bonchev–Trinajstić information content (AvgIpc) is 2.68. The van der Waals surface area contributed by atoms with Crippen LogP contribution in [0.5, 0.6) is 0 Å². The monoisotopic (exact) mass is 390 g/mol. The highest BCUT2D eigenvalue weighted by molar-refractivity contribution is 5.98. The zero-order chi connectivity index (χ0) is 18.7. The molecule has 2 aromatic carbocycles. The van der Waals surface area contributed by atoms with Gasteiger partial charge in [0.1, 0.15) is 11.4 Å². The van der Waals surface area contributed by atoms with Gasteiger partial charge in [-0.05, 0) is 49.6 Å². The number of nitrogens with two attached hydrogens (primary N) is 1. The number of amides is 1. The molecule has 1 fully saturated rings. The van der Waals surface area contributed by atoms with Gasteiger partial charge in [0, 0.05) is 24.6 Å². The highest BCUT2D eigenvalue weighted by Gasteiger charge is 2.37. The molecule has 0 aliphatic carbocycles. The zero-order valence-corrected chi connectivity index (χ0v) is 16.0. The molecule has 0 spiro atoms. The van der Waals surface area contributed by atoms with E-state index in [1.807, 2.05) is 30.3 Å². The van der Waals surface area contributed by atoms with Crippen LogP contribution in [0.4, 0.5) is 4.39 Å². The van der Waals surface area contributed by atoms with Crippen molar-refractivity contribution in [2.75, 3.05) is 13.1 Å². The molecule has 3 rings (SSSR count). The number of ketones is 1. The van der Waals surface area contributed by atoms with Gasteiger partial charge in [0.15, 0.2) is 5.78 Å². The van der Waals surface area contributed by atoms with E-state index in [0.717, 1.165) is 12.0 Å². The number of rotatable bonds is 4. The van der Waals surface area contributed by atoms with E-state index in [-0.39, 0.29) is 35.8 Å². The molecule has 4 nitrogen and oxygen atoms in total. The number of hydrogen-bond acceptors (Lipinski definition) is 3. The number of nitrogens with zero attached hydrogens (tertiary/aromatic N) is 1. The second-order valence-electron chi connectivity index (χ2n) is 7.03. The van der Waals surface area contributed by atoms with Gasteiger partial charge in [0.05, 0.1) is 0 Å². The average molecular weight is 391 g/mol. The van der Waals surface area contributed by atoms with Crippen LogP contribution in [0.1, 0.15) is 35.7 Å². The van der Waals surface area contributed by atoms with Crippen molar-refractivity contribution in [3.05, 3.63) is 71.5 Å². The predicted molar refractivity (Wildman–Crippen MR) is 105 cm³/mol. The zero-order valence-electron chi connectivity index (χ0n) is 15.2. The van der Waals surface area contributed by atoms with E-state index in [0.29, 0.717) is 25.1 Å². The van der Waals surface area contributed by atoms with Crippen molar-refractivity contribution in [3.63, 3.8) is 0 Å². The Hall–Kier alpha value is -2.24. The van der Waals surface area contributed by atoms with Crippen molar-refractivity contribution < 1.29 is 14.0 Å². The van der Waals surface area contributed by atoms with Gasteiger partial charge in [-0.25, -0.2) is 4.39 Å². The van der Waals surface area contributed by atoms with Crippen LogP contribution in [0.25, 0.3) is 0 Å². The Balaban J connectivity index is 0.00000261. The fourth-order valence-electron chi connectivity index (χ4n) is 3.46. The number of hydrogen-bond donors (Lipinski definition) is 1. The lowest BCUT2D eigenvalue weighted by atomic mass is 9.87. The normalized spacial score (nSPS) is 18.9. The Morgan fingerprint density at radius 2 is 1.74 bits per heavy atom. The second-order valence-corrected chi connectivity index (χ2v) is 7.03. The fraction of sp³-hybridized carbons (Fsp3) is 0.333. The van der Waals surface area contributed by atoms with Gasteiger partial charge >= 0.3 is 0 Å². The van der Waals surface area contributed by atoms with Gasteiger partial charge in [-0.15, -0.1) is 12.4 Å². The molecule has 2 unspecified atom stereocenters. The SMILES string of the molecule is CC(N)(C(=O)N1CCCC(C(=O)c2ccc(F)cc2)C1)c1ccccc1.Cl. The summed E-state index contributed by atoms with van der Waals surface area (Å²) in [4.78, 5) is 27.4. The Kier molecular flexibility index (Phi) is 6.73. The lowest BCUT2D eigenvalue weighted by Gasteiger charge is -2.37. The summed E-state index contributed by atoms with van der Waals surface area (Å²) in [5, 5.41) is 0. The third-order valence-electron chi connectivity index (χ3n) is 5.03. The van der Waals surface area contributed by atoms with Crippen LogP contribution in [0, 0.1) is 11.7 Å². The Morgan fingerprint density at radius 3 is 2.37 bits per heavy atom. The Bertz CT molecular complexity index is 794. The summed E-state index contributed by atoms with van der Waals surface area (Å²) in [7, 11) is 0. The lowest BCUT2D eigenvalue weighted by molar-refractivity contribution is -0.138. The van der Waals surface area contributed by atoms with Crippen LogP contribution in [0.15, 0.2) is 54.6 Å². The molecule has 1 amide bonds. The van der Waals surface area contributed by atoms with E-state index < -0.39 is 5.54 Å². The van der Waals surface area contributed by atoms with E-state index in [2.05, 4.69) is 0 Å². The molecule has 0 aromatic heterocycles. The van der Waals surface area contributed by atoms with Gasteiger partial charge < -0.3 is 10.6 Å². The van der Waals surface area contributed by atoms with E-state index in [1.165, 1.54) is 24.3 Å². The maximum atomic E-state index is 13.1. The Labute approximate surface area is 165 Å². The summed E-state index contributed by atoms with van der Waals surface area (Å²) in [6.07, 6.45) is 1.46. The first-order valence-electron chi connectivity index (χ1n) is 8.83. The molecule has 1 aliphatic heterocycles. The first-order valence-corrected chi connectivity index (χ1v) is 8.83. The first kappa shape index (κ1) is 21.1. The number of benzene rings is 2. The maximum absolute atomic E-state index is 13.1. The largest absolute Gasteiger partial charge is 0.340 e. The standard InChI is InChI=1S/C21H23FN2O2.ClH/c1-21(23,17-7-3-2-4-8-17)20(26)24-13-5-6-16(14-24)19(25)15-9-11-18(22)12-10-15;/h2-4,7-12,16H,5-6,13-14,23H2,1H3;1H. The van der Waals surface area contributed by atoms with Crippen LogP contribution < -0.4 is 5.73 Å². The van der Waals surface area contributed by atoms with Crippen LogP contribution >= 0.6 is 12.4 Å². The number of piperidine rings is 1. The molecule has 0 saturated carbocycles.